The first-order chi connectivity index (χ1) is 13.2. The molecule has 0 spiro atoms. The Morgan fingerprint density at radius 2 is 2.30 bits per heavy atom. The summed E-state index contributed by atoms with van der Waals surface area (Å²) in [4.78, 5) is 22.5. The summed E-state index contributed by atoms with van der Waals surface area (Å²) in [5.74, 6) is 1.54. The molecule has 142 valence electrons. The number of piperidine rings is 1. The Labute approximate surface area is 157 Å². The summed E-state index contributed by atoms with van der Waals surface area (Å²) < 4.78 is 10.5. The molecule has 0 radical (unpaired) electrons. The van der Waals surface area contributed by atoms with E-state index >= 15 is 0 Å². The van der Waals surface area contributed by atoms with Gasteiger partial charge in [-0.3, -0.25) is 4.79 Å². The number of benzene rings is 1. The van der Waals surface area contributed by atoms with Crippen molar-refractivity contribution in [1.29, 1.82) is 0 Å². The number of likely N-dealkylation sites (tertiary alicyclic amines) is 1. The van der Waals surface area contributed by atoms with Crippen molar-refractivity contribution >= 4 is 16.8 Å². The zero-order chi connectivity index (χ0) is 18.6. The maximum absolute atomic E-state index is 12.9. The van der Waals surface area contributed by atoms with E-state index in [2.05, 4.69) is 15.1 Å². The largest absolute Gasteiger partial charge is 0.384 e. The summed E-state index contributed by atoms with van der Waals surface area (Å²) in [6.45, 7) is 1.98. The molecule has 1 aliphatic heterocycles. The van der Waals surface area contributed by atoms with Crippen LogP contribution in [0.25, 0.3) is 10.9 Å². The van der Waals surface area contributed by atoms with Crippen molar-refractivity contribution in [3.8, 4) is 0 Å². The highest BCUT2D eigenvalue weighted by Crippen LogP contribution is 2.27. The van der Waals surface area contributed by atoms with Gasteiger partial charge in [-0.05, 0) is 24.5 Å². The number of aromatic nitrogens is 3. The second-order valence-electron chi connectivity index (χ2n) is 7.01. The van der Waals surface area contributed by atoms with Crippen LogP contribution in [0.5, 0.6) is 0 Å². The molecule has 1 amide bonds. The fraction of sp³-hybridized carbons (Fsp3) is 0.450. The molecule has 3 heterocycles. The molecule has 0 saturated carbocycles. The number of methoxy groups -OCH3 is 1. The highest BCUT2D eigenvalue weighted by Gasteiger charge is 2.28. The Morgan fingerprint density at radius 3 is 3.19 bits per heavy atom. The number of amides is 1. The zero-order valence-electron chi connectivity index (χ0n) is 15.5. The maximum Gasteiger partial charge on any atom is 0.231 e. The van der Waals surface area contributed by atoms with Crippen LogP contribution in [0.3, 0.4) is 0 Å². The minimum absolute atomic E-state index is 0.106. The number of rotatable bonds is 6. The van der Waals surface area contributed by atoms with Gasteiger partial charge in [-0.15, -0.1) is 0 Å². The van der Waals surface area contributed by atoms with Crippen LogP contribution in [-0.4, -0.2) is 52.7 Å². The molecule has 3 aromatic rings. The zero-order valence-corrected chi connectivity index (χ0v) is 15.5. The number of H-pyrrole nitrogens is 1. The van der Waals surface area contributed by atoms with E-state index in [9.17, 15) is 4.79 Å². The van der Waals surface area contributed by atoms with E-state index in [1.807, 2.05) is 35.4 Å². The minimum atomic E-state index is 0.106. The van der Waals surface area contributed by atoms with Crippen molar-refractivity contribution in [3.05, 3.63) is 47.7 Å². The van der Waals surface area contributed by atoms with Crippen molar-refractivity contribution < 1.29 is 14.1 Å². The highest BCUT2D eigenvalue weighted by atomic mass is 16.5. The topological polar surface area (TPSA) is 84.3 Å². The van der Waals surface area contributed by atoms with E-state index in [-0.39, 0.29) is 11.8 Å². The molecule has 2 aromatic heterocycles. The SMILES string of the molecule is COCCc1noc(C2CCCN(C(=O)Cc3c[nH]c4ccccc34)C2)n1. The van der Waals surface area contributed by atoms with Crippen molar-refractivity contribution in [2.75, 3.05) is 26.8 Å². The molecule has 1 N–H and O–H groups in total. The van der Waals surface area contributed by atoms with Crippen molar-refractivity contribution in [3.63, 3.8) is 0 Å². The first-order valence-electron chi connectivity index (χ1n) is 9.39. The van der Waals surface area contributed by atoms with E-state index in [1.165, 1.54) is 0 Å². The van der Waals surface area contributed by atoms with Crippen LogP contribution in [-0.2, 0) is 22.4 Å². The van der Waals surface area contributed by atoms with Crippen molar-refractivity contribution in [1.82, 2.24) is 20.0 Å². The second kappa shape index (κ2) is 7.92. The van der Waals surface area contributed by atoms with Gasteiger partial charge in [-0.2, -0.15) is 4.98 Å². The van der Waals surface area contributed by atoms with Crippen LogP contribution < -0.4 is 0 Å². The molecule has 1 unspecified atom stereocenters. The van der Waals surface area contributed by atoms with Gasteiger partial charge in [0.25, 0.3) is 0 Å². The fourth-order valence-electron chi connectivity index (χ4n) is 3.69. The summed E-state index contributed by atoms with van der Waals surface area (Å²) in [7, 11) is 1.65. The number of fused-ring (bicyclic) bond motifs is 1. The van der Waals surface area contributed by atoms with Gasteiger partial charge in [0.15, 0.2) is 5.82 Å². The monoisotopic (exact) mass is 368 g/mol. The molecular weight excluding hydrogens is 344 g/mol. The lowest BCUT2D eigenvalue weighted by atomic mass is 9.97. The molecule has 0 bridgehead atoms. The molecular formula is C20H24N4O3. The molecule has 0 aliphatic carbocycles. The van der Waals surface area contributed by atoms with Gasteiger partial charge in [0.05, 0.1) is 18.9 Å². The highest BCUT2D eigenvalue weighted by molar-refractivity contribution is 5.88. The number of carbonyl (C=O) groups is 1. The lowest BCUT2D eigenvalue weighted by Gasteiger charge is -2.31. The average Bonchev–Trinajstić information content (AvgIpc) is 3.34. The molecule has 1 aromatic carbocycles. The van der Waals surface area contributed by atoms with Crippen LogP contribution in [0.2, 0.25) is 0 Å². The van der Waals surface area contributed by atoms with Crippen LogP contribution in [0.4, 0.5) is 0 Å². The normalized spacial score (nSPS) is 17.5. The Balaban J connectivity index is 1.41. The van der Waals surface area contributed by atoms with Gasteiger partial charge < -0.3 is 19.1 Å². The van der Waals surface area contributed by atoms with E-state index < -0.39 is 0 Å². The van der Waals surface area contributed by atoms with Crippen LogP contribution in [0.15, 0.2) is 35.0 Å². The summed E-state index contributed by atoms with van der Waals surface area (Å²) in [6.07, 6.45) is 4.88. The minimum Gasteiger partial charge on any atom is -0.384 e. The van der Waals surface area contributed by atoms with Crippen LogP contribution in [0, 0.1) is 0 Å². The standard InChI is InChI=1S/C20H24N4O3/c1-26-10-8-18-22-20(27-23-18)14-5-4-9-24(13-14)19(25)11-15-12-21-17-7-3-2-6-16(15)17/h2-3,6-7,12,14,21H,4-5,8-11,13H2,1H3. The summed E-state index contributed by atoms with van der Waals surface area (Å²) >= 11 is 0. The number of aromatic amines is 1. The van der Waals surface area contributed by atoms with Gasteiger partial charge in [0.2, 0.25) is 11.8 Å². The average molecular weight is 368 g/mol. The maximum atomic E-state index is 12.9. The summed E-state index contributed by atoms with van der Waals surface area (Å²) in [5.41, 5.74) is 2.10. The van der Waals surface area contributed by atoms with Gasteiger partial charge in [-0.25, -0.2) is 0 Å². The van der Waals surface area contributed by atoms with Crippen LogP contribution in [0.1, 0.15) is 36.0 Å². The Hall–Kier alpha value is -2.67. The third kappa shape index (κ3) is 3.88. The molecule has 4 rings (SSSR count). The van der Waals surface area contributed by atoms with Gasteiger partial charge in [0, 0.05) is 43.7 Å². The number of hydrogen-bond donors (Lipinski definition) is 1. The van der Waals surface area contributed by atoms with Gasteiger partial charge in [-0.1, -0.05) is 23.4 Å². The fourth-order valence-corrected chi connectivity index (χ4v) is 3.69. The first kappa shape index (κ1) is 17.7. The summed E-state index contributed by atoms with van der Waals surface area (Å²) in [6, 6.07) is 8.06. The van der Waals surface area contributed by atoms with Crippen molar-refractivity contribution in [2.45, 2.75) is 31.6 Å². The van der Waals surface area contributed by atoms with E-state index in [4.69, 9.17) is 9.26 Å². The Kier molecular flexibility index (Phi) is 5.20. The summed E-state index contributed by atoms with van der Waals surface area (Å²) in [5, 5.41) is 5.13. The first-order valence-corrected chi connectivity index (χ1v) is 9.39. The van der Waals surface area contributed by atoms with E-state index in [1.54, 1.807) is 7.11 Å². The number of nitrogens with one attached hydrogen (secondary N) is 1. The van der Waals surface area contributed by atoms with E-state index in [0.29, 0.717) is 37.7 Å². The number of ether oxygens (including phenoxy) is 1. The van der Waals surface area contributed by atoms with E-state index in [0.717, 1.165) is 35.9 Å². The Bertz CT molecular complexity index is 917. The van der Waals surface area contributed by atoms with Crippen molar-refractivity contribution in [2.24, 2.45) is 0 Å². The second-order valence-corrected chi connectivity index (χ2v) is 7.01. The third-order valence-corrected chi connectivity index (χ3v) is 5.15. The molecule has 1 atom stereocenters. The smallest absolute Gasteiger partial charge is 0.231 e. The number of nitrogens with zero attached hydrogens (tertiary/aromatic N) is 3. The van der Waals surface area contributed by atoms with Gasteiger partial charge >= 0.3 is 0 Å². The molecule has 27 heavy (non-hydrogen) atoms. The number of carbonyl (C=O) groups excluding carboxylic acids is 1. The third-order valence-electron chi connectivity index (χ3n) is 5.15. The molecule has 7 heteroatoms. The predicted octanol–water partition coefficient (Wildman–Crippen LogP) is 2.69. The van der Waals surface area contributed by atoms with Gasteiger partial charge in [0.1, 0.15) is 0 Å². The predicted molar refractivity (Wildman–Crippen MR) is 100 cm³/mol. The number of hydrogen-bond acceptors (Lipinski definition) is 5. The molecule has 1 aliphatic rings. The lowest BCUT2D eigenvalue weighted by molar-refractivity contribution is -0.131. The molecule has 1 fully saturated rings. The lowest BCUT2D eigenvalue weighted by Crippen LogP contribution is -2.40. The molecule has 7 nitrogen and oxygen atoms in total. The van der Waals surface area contributed by atoms with Crippen LogP contribution >= 0.6 is 0 Å². The Morgan fingerprint density at radius 1 is 1.41 bits per heavy atom. The molecule has 1 saturated heterocycles. The number of para-hydroxylation sites is 1. The quantitative estimate of drug-likeness (QED) is 0.723.